The third-order valence-corrected chi connectivity index (χ3v) is 2.77. The highest BCUT2D eigenvalue weighted by molar-refractivity contribution is 5.83. The quantitative estimate of drug-likeness (QED) is 0.777. The first-order chi connectivity index (χ1) is 8.13. The summed E-state index contributed by atoms with van der Waals surface area (Å²) in [7, 11) is 0. The summed E-state index contributed by atoms with van der Waals surface area (Å²) in [6.45, 7) is 1.75. The summed E-state index contributed by atoms with van der Waals surface area (Å²) in [5, 5.41) is 19.0. The zero-order valence-electron chi connectivity index (χ0n) is 9.34. The van der Waals surface area contributed by atoms with E-state index in [1.807, 2.05) is 0 Å². The molecule has 0 heterocycles. The molecule has 86 valence electrons. The van der Waals surface area contributed by atoms with E-state index in [1.165, 1.54) is 0 Å². The van der Waals surface area contributed by atoms with Crippen molar-refractivity contribution in [1.29, 1.82) is 0 Å². The molecule has 0 spiro atoms. The fourth-order valence-corrected chi connectivity index (χ4v) is 1.77. The summed E-state index contributed by atoms with van der Waals surface area (Å²) >= 11 is 0. The lowest BCUT2D eigenvalue weighted by Gasteiger charge is -2.09. The van der Waals surface area contributed by atoms with E-state index in [4.69, 9.17) is 0 Å². The summed E-state index contributed by atoms with van der Waals surface area (Å²) in [5.74, 6) is 0.200. The Morgan fingerprint density at radius 1 is 1.00 bits per heavy atom. The monoisotopic (exact) mass is 228 g/mol. The van der Waals surface area contributed by atoms with Crippen LogP contribution in [-0.2, 0) is 0 Å². The maximum Gasteiger partial charge on any atom is 0.153 e. The minimum Gasteiger partial charge on any atom is -0.508 e. The van der Waals surface area contributed by atoms with E-state index in [2.05, 4.69) is 0 Å². The predicted molar refractivity (Wildman–Crippen MR) is 65.3 cm³/mol. The molecule has 0 aliphatic carbocycles. The maximum atomic E-state index is 10.7. The average Bonchev–Trinajstić information content (AvgIpc) is 2.34. The molecule has 2 aromatic rings. The number of benzene rings is 2. The Labute approximate surface area is 99.0 Å². The SMILES string of the molecule is Cc1c(-c2ccc(O)cc2)ccc(C=O)c1O. The molecule has 2 aromatic carbocycles. The van der Waals surface area contributed by atoms with Crippen molar-refractivity contribution >= 4 is 6.29 Å². The molecule has 0 saturated carbocycles. The Morgan fingerprint density at radius 3 is 2.24 bits per heavy atom. The van der Waals surface area contributed by atoms with E-state index in [-0.39, 0.29) is 17.1 Å². The van der Waals surface area contributed by atoms with Crippen LogP contribution in [0.25, 0.3) is 11.1 Å². The van der Waals surface area contributed by atoms with Gasteiger partial charge in [-0.15, -0.1) is 0 Å². The summed E-state index contributed by atoms with van der Waals surface area (Å²) < 4.78 is 0. The van der Waals surface area contributed by atoms with Crippen LogP contribution in [0.2, 0.25) is 0 Å². The van der Waals surface area contributed by atoms with E-state index in [1.54, 1.807) is 43.3 Å². The number of carbonyl (C=O) groups is 1. The minimum absolute atomic E-state index is 0.00516. The zero-order valence-corrected chi connectivity index (χ0v) is 9.34. The van der Waals surface area contributed by atoms with Crippen LogP contribution in [0.1, 0.15) is 15.9 Å². The molecule has 2 rings (SSSR count). The molecule has 0 radical (unpaired) electrons. The first-order valence-electron chi connectivity index (χ1n) is 5.20. The number of rotatable bonds is 2. The number of aldehydes is 1. The van der Waals surface area contributed by atoms with Gasteiger partial charge in [-0.25, -0.2) is 0 Å². The van der Waals surface area contributed by atoms with Crippen molar-refractivity contribution in [3.05, 3.63) is 47.5 Å². The lowest BCUT2D eigenvalue weighted by Crippen LogP contribution is -1.89. The van der Waals surface area contributed by atoms with Gasteiger partial charge in [-0.05, 0) is 41.8 Å². The second-order valence-electron chi connectivity index (χ2n) is 3.84. The van der Waals surface area contributed by atoms with Gasteiger partial charge in [-0.2, -0.15) is 0 Å². The number of hydrogen-bond donors (Lipinski definition) is 2. The van der Waals surface area contributed by atoms with Crippen LogP contribution in [0.4, 0.5) is 0 Å². The molecule has 0 aliphatic heterocycles. The van der Waals surface area contributed by atoms with Gasteiger partial charge in [0.2, 0.25) is 0 Å². The molecule has 0 saturated heterocycles. The van der Waals surface area contributed by atoms with E-state index < -0.39 is 0 Å². The van der Waals surface area contributed by atoms with Crippen LogP contribution >= 0.6 is 0 Å². The van der Waals surface area contributed by atoms with Gasteiger partial charge in [-0.3, -0.25) is 4.79 Å². The van der Waals surface area contributed by atoms with Crippen molar-refractivity contribution in [2.45, 2.75) is 6.92 Å². The molecular formula is C14H12O3. The molecule has 0 fully saturated rings. The van der Waals surface area contributed by atoms with Gasteiger partial charge in [0.05, 0.1) is 5.56 Å². The van der Waals surface area contributed by atoms with E-state index in [0.717, 1.165) is 11.1 Å². The Balaban J connectivity index is 2.57. The highest BCUT2D eigenvalue weighted by atomic mass is 16.3. The van der Waals surface area contributed by atoms with Crippen LogP contribution in [0, 0.1) is 6.92 Å². The number of phenols is 2. The van der Waals surface area contributed by atoms with Gasteiger partial charge in [-0.1, -0.05) is 18.2 Å². The zero-order chi connectivity index (χ0) is 12.4. The van der Waals surface area contributed by atoms with Crippen molar-refractivity contribution in [3.63, 3.8) is 0 Å². The van der Waals surface area contributed by atoms with E-state index in [0.29, 0.717) is 11.8 Å². The Kier molecular flexibility index (Phi) is 2.83. The average molecular weight is 228 g/mol. The Morgan fingerprint density at radius 2 is 1.65 bits per heavy atom. The molecule has 0 unspecified atom stereocenters. The van der Waals surface area contributed by atoms with Gasteiger partial charge < -0.3 is 10.2 Å². The van der Waals surface area contributed by atoms with Crippen molar-refractivity contribution in [2.24, 2.45) is 0 Å². The maximum absolute atomic E-state index is 10.7. The normalized spacial score (nSPS) is 10.2. The fourth-order valence-electron chi connectivity index (χ4n) is 1.77. The standard InChI is InChI=1S/C14H12O3/c1-9-13(7-4-11(8-15)14(9)17)10-2-5-12(16)6-3-10/h2-8,16-17H,1H3. The second-order valence-corrected chi connectivity index (χ2v) is 3.84. The fraction of sp³-hybridized carbons (Fsp3) is 0.0714. The number of aromatic hydroxyl groups is 2. The molecule has 0 atom stereocenters. The molecule has 0 bridgehead atoms. The Bertz CT molecular complexity index is 556. The Hall–Kier alpha value is -2.29. The van der Waals surface area contributed by atoms with Gasteiger partial charge >= 0.3 is 0 Å². The second kappa shape index (κ2) is 4.29. The number of hydrogen-bond acceptors (Lipinski definition) is 3. The van der Waals surface area contributed by atoms with Gasteiger partial charge in [0.1, 0.15) is 11.5 Å². The first-order valence-corrected chi connectivity index (χ1v) is 5.20. The first kappa shape index (κ1) is 11.2. The van der Waals surface area contributed by atoms with Gasteiger partial charge in [0, 0.05) is 0 Å². The van der Waals surface area contributed by atoms with E-state index in [9.17, 15) is 15.0 Å². The molecule has 17 heavy (non-hydrogen) atoms. The molecule has 2 N–H and O–H groups in total. The molecular weight excluding hydrogens is 216 g/mol. The van der Waals surface area contributed by atoms with Crippen molar-refractivity contribution in [1.82, 2.24) is 0 Å². The molecule has 3 heteroatoms. The summed E-state index contributed by atoms with van der Waals surface area (Å²) in [6, 6.07) is 10.1. The lowest BCUT2D eigenvalue weighted by atomic mass is 9.97. The highest BCUT2D eigenvalue weighted by Gasteiger charge is 2.09. The van der Waals surface area contributed by atoms with Crippen LogP contribution in [0.3, 0.4) is 0 Å². The molecule has 0 aromatic heterocycles. The third-order valence-electron chi connectivity index (χ3n) is 2.77. The summed E-state index contributed by atoms with van der Waals surface area (Å²) in [6.07, 6.45) is 0.628. The topological polar surface area (TPSA) is 57.5 Å². The molecule has 0 aliphatic rings. The largest absolute Gasteiger partial charge is 0.508 e. The smallest absolute Gasteiger partial charge is 0.153 e. The summed E-state index contributed by atoms with van der Waals surface area (Å²) in [4.78, 5) is 10.7. The van der Waals surface area contributed by atoms with Crippen LogP contribution in [-0.4, -0.2) is 16.5 Å². The van der Waals surface area contributed by atoms with Crippen molar-refractivity contribution in [3.8, 4) is 22.6 Å². The third kappa shape index (κ3) is 1.99. The van der Waals surface area contributed by atoms with Crippen LogP contribution < -0.4 is 0 Å². The van der Waals surface area contributed by atoms with Crippen LogP contribution in [0.15, 0.2) is 36.4 Å². The molecule has 3 nitrogen and oxygen atoms in total. The minimum atomic E-state index is 0.00516. The van der Waals surface area contributed by atoms with Gasteiger partial charge in [0.15, 0.2) is 6.29 Å². The number of carbonyl (C=O) groups excluding carboxylic acids is 1. The van der Waals surface area contributed by atoms with Gasteiger partial charge in [0.25, 0.3) is 0 Å². The summed E-state index contributed by atoms with van der Waals surface area (Å²) in [5.41, 5.74) is 2.66. The van der Waals surface area contributed by atoms with Crippen molar-refractivity contribution < 1.29 is 15.0 Å². The van der Waals surface area contributed by atoms with Crippen molar-refractivity contribution in [2.75, 3.05) is 0 Å². The number of phenolic OH excluding ortho intramolecular Hbond substituents is 2. The highest BCUT2D eigenvalue weighted by Crippen LogP contribution is 2.32. The van der Waals surface area contributed by atoms with Crippen LogP contribution in [0.5, 0.6) is 11.5 Å². The van der Waals surface area contributed by atoms with E-state index >= 15 is 0 Å². The lowest BCUT2D eigenvalue weighted by molar-refractivity contribution is 0.112. The predicted octanol–water partition coefficient (Wildman–Crippen LogP) is 2.89. The molecule has 0 amide bonds.